The summed E-state index contributed by atoms with van der Waals surface area (Å²) >= 11 is 0. The fourth-order valence-electron chi connectivity index (χ4n) is 3.32. The predicted octanol–water partition coefficient (Wildman–Crippen LogP) is 4.94. The van der Waals surface area contributed by atoms with Gasteiger partial charge in [0.2, 0.25) is 0 Å². The monoisotopic (exact) mass is 322 g/mol. The molecular formula is C21H26N2O. The van der Waals surface area contributed by atoms with Crippen LogP contribution in [-0.4, -0.2) is 5.91 Å². The smallest absolute Gasteiger partial charge is 0.258 e. The average Bonchev–Trinajstić information content (AvgIpc) is 2.91. The first-order chi connectivity index (χ1) is 11.7. The molecule has 0 fully saturated rings. The van der Waals surface area contributed by atoms with Crippen molar-refractivity contribution in [3.05, 3.63) is 59.2 Å². The van der Waals surface area contributed by atoms with E-state index in [2.05, 4.69) is 31.2 Å². The van der Waals surface area contributed by atoms with E-state index in [1.807, 2.05) is 17.0 Å². The maximum absolute atomic E-state index is 12.6. The third-order valence-corrected chi connectivity index (χ3v) is 4.75. The number of fused-ring (bicyclic) bond motifs is 1. The first-order valence-corrected chi connectivity index (χ1v) is 8.98. The molecule has 3 rings (SSSR count). The van der Waals surface area contributed by atoms with E-state index >= 15 is 0 Å². The third-order valence-electron chi connectivity index (χ3n) is 4.75. The van der Waals surface area contributed by atoms with Crippen molar-refractivity contribution in [2.45, 2.75) is 52.0 Å². The fourth-order valence-corrected chi connectivity index (χ4v) is 3.32. The second-order valence-corrected chi connectivity index (χ2v) is 6.64. The van der Waals surface area contributed by atoms with Gasteiger partial charge in [-0.3, -0.25) is 4.79 Å². The Morgan fingerprint density at radius 3 is 2.50 bits per heavy atom. The van der Waals surface area contributed by atoms with Crippen molar-refractivity contribution < 1.29 is 4.79 Å². The Hall–Kier alpha value is -2.29. The molecule has 24 heavy (non-hydrogen) atoms. The maximum Gasteiger partial charge on any atom is 0.258 e. The van der Waals surface area contributed by atoms with E-state index in [0.717, 1.165) is 23.2 Å². The Morgan fingerprint density at radius 2 is 1.75 bits per heavy atom. The van der Waals surface area contributed by atoms with Gasteiger partial charge in [0, 0.05) is 16.9 Å². The van der Waals surface area contributed by atoms with Gasteiger partial charge in [-0.15, -0.1) is 0 Å². The number of unbranched alkanes of at least 4 members (excludes halogenated alkanes) is 4. The number of nitrogens with two attached hydrogens (primary N) is 1. The molecule has 1 aliphatic heterocycles. The molecule has 0 aromatic heterocycles. The van der Waals surface area contributed by atoms with E-state index in [1.54, 1.807) is 6.07 Å². The van der Waals surface area contributed by atoms with Crippen molar-refractivity contribution in [3.63, 3.8) is 0 Å². The Morgan fingerprint density at radius 1 is 1.00 bits per heavy atom. The van der Waals surface area contributed by atoms with Crippen molar-refractivity contribution in [2.24, 2.45) is 0 Å². The molecule has 1 amide bonds. The van der Waals surface area contributed by atoms with E-state index in [9.17, 15) is 4.79 Å². The minimum atomic E-state index is 0.0670. The van der Waals surface area contributed by atoms with Crippen LogP contribution in [0.15, 0.2) is 42.5 Å². The topological polar surface area (TPSA) is 46.3 Å². The minimum Gasteiger partial charge on any atom is -0.399 e. The van der Waals surface area contributed by atoms with Crippen LogP contribution in [0.5, 0.6) is 0 Å². The molecule has 0 radical (unpaired) electrons. The number of nitrogen functional groups attached to an aromatic ring is 1. The number of nitrogens with zero attached hydrogens (tertiary/aromatic N) is 1. The predicted molar refractivity (Wildman–Crippen MR) is 100 cm³/mol. The lowest BCUT2D eigenvalue weighted by Crippen LogP contribution is -2.22. The summed E-state index contributed by atoms with van der Waals surface area (Å²) in [6.45, 7) is 2.85. The van der Waals surface area contributed by atoms with Gasteiger partial charge in [0.25, 0.3) is 5.91 Å². The molecule has 0 unspecified atom stereocenters. The number of carbonyl (C=O) groups is 1. The number of benzene rings is 2. The molecule has 0 saturated carbocycles. The maximum atomic E-state index is 12.6. The normalized spacial score (nSPS) is 13.4. The van der Waals surface area contributed by atoms with Gasteiger partial charge in [-0.25, -0.2) is 0 Å². The largest absolute Gasteiger partial charge is 0.399 e. The van der Waals surface area contributed by atoms with Crippen LogP contribution in [0.3, 0.4) is 0 Å². The molecule has 2 N–H and O–H groups in total. The summed E-state index contributed by atoms with van der Waals surface area (Å²) in [5, 5.41) is 0. The molecule has 0 aliphatic carbocycles. The van der Waals surface area contributed by atoms with E-state index in [1.165, 1.54) is 37.7 Å². The minimum absolute atomic E-state index is 0.0670. The van der Waals surface area contributed by atoms with Crippen LogP contribution in [0.1, 0.15) is 60.5 Å². The molecule has 2 aromatic carbocycles. The summed E-state index contributed by atoms with van der Waals surface area (Å²) in [4.78, 5) is 14.4. The molecule has 1 aliphatic rings. The van der Waals surface area contributed by atoms with E-state index in [0.29, 0.717) is 12.2 Å². The van der Waals surface area contributed by atoms with Gasteiger partial charge in [-0.1, -0.05) is 44.7 Å². The SMILES string of the molecule is CCCCCCCc1ccc(N2Cc3cc(N)ccc3C2=O)cc1. The van der Waals surface area contributed by atoms with Gasteiger partial charge >= 0.3 is 0 Å². The summed E-state index contributed by atoms with van der Waals surface area (Å²) in [5.41, 5.74) is 10.6. The van der Waals surface area contributed by atoms with Crippen LogP contribution < -0.4 is 10.6 Å². The standard InChI is InChI=1S/C21H26N2O/c1-2-3-4-5-6-7-16-8-11-19(12-9-16)23-15-17-14-18(22)10-13-20(17)21(23)24/h8-14H,2-7,15,22H2,1H3. The van der Waals surface area contributed by atoms with Crippen LogP contribution in [0, 0.1) is 0 Å². The average molecular weight is 322 g/mol. The fraction of sp³-hybridized carbons (Fsp3) is 0.381. The number of amides is 1. The zero-order valence-corrected chi connectivity index (χ0v) is 14.4. The number of hydrogen-bond acceptors (Lipinski definition) is 2. The highest BCUT2D eigenvalue weighted by Crippen LogP contribution is 2.29. The summed E-state index contributed by atoms with van der Waals surface area (Å²) in [6.07, 6.45) is 7.62. The van der Waals surface area contributed by atoms with Crippen LogP contribution in [0.4, 0.5) is 11.4 Å². The van der Waals surface area contributed by atoms with Crippen LogP contribution >= 0.6 is 0 Å². The lowest BCUT2D eigenvalue weighted by Gasteiger charge is -2.16. The Bertz CT molecular complexity index is 706. The lowest BCUT2D eigenvalue weighted by atomic mass is 10.1. The second-order valence-electron chi connectivity index (χ2n) is 6.64. The van der Waals surface area contributed by atoms with Crippen molar-refractivity contribution in [1.82, 2.24) is 0 Å². The van der Waals surface area contributed by atoms with Crippen LogP contribution in [-0.2, 0) is 13.0 Å². The number of carbonyl (C=O) groups excluding carboxylic acids is 1. The summed E-state index contributed by atoms with van der Waals surface area (Å²) in [6, 6.07) is 14.0. The zero-order chi connectivity index (χ0) is 16.9. The molecule has 1 heterocycles. The van der Waals surface area contributed by atoms with E-state index in [4.69, 9.17) is 5.73 Å². The third kappa shape index (κ3) is 3.61. The molecule has 2 aromatic rings. The first kappa shape index (κ1) is 16.6. The summed E-state index contributed by atoms with van der Waals surface area (Å²) in [5.74, 6) is 0.0670. The summed E-state index contributed by atoms with van der Waals surface area (Å²) < 4.78 is 0. The van der Waals surface area contributed by atoms with Crippen molar-refractivity contribution >= 4 is 17.3 Å². The molecule has 0 atom stereocenters. The number of hydrogen-bond donors (Lipinski definition) is 1. The highest BCUT2D eigenvalue weighted by atomic mass is 16.2. The molecule has 0 bridgehead atoms. The van der Waals surface area contributed by atoms with Gasteiger partial charge in [0.1, 0.15) is 0 Å². The quantitative estimate of drug-likeness (QED) is 0.579. The Labute approximate surface area is 144 Å². The van der Waals surface area contributed by atoms with Crippen molar-refractivity contribution in [3.8, 4) is 0 Å². The Kier molecular flexibility index (Phi) is 5.19. The van der Waals surface area contributed by atoms with Gasteiger partial charge in [0.15, 0.2) is 0 Å². The highest BCUT2D eigenvalue weighted by molar-refractivity contribution is 6.10. The van der Waals surface area contributed by atoms with Crippen molar-refractivity contribution in [1.29, 1.82) is 0 Å². The Balaban J connectivity index is 1.61. The molecule has 0 saturated heterocycles. The number of anilines is 2. The molecule has 0 spiro atoms. The highest BCUT2D eigenvalue weighted by Gasteiger charge is 2.28. The first-order valence-electron chi connectivity index (χ1n) is 8.98. The molecular weight excluding hydrogens is 296 g/mol. The van der Waals surface area contributed by atoms with Gasteiger partial charge in [-0.2, -0.15) is 0 Å². The molecule has 3 nitrogen and oxygen atoms in total. The molecule has 3 heteroatoms. The lowest BCUT2D eigenvalue weighted by molar-refractivity contribution is 0.0996. The van der Waals surface area contributed by atoms with Crippen LogP contribution in [0.25, 0.3) is 0 Å². The van der Waals surface area contributed by atoms with Gasteiger partial charge in [-0.05, 0) is 54.3 Å². The summed E-state index contributed by atoms with van der Waals surface area (Å²) in [7, 11) is 0. The van der Waals surface area contributed by atoms with E-state index in [-0.39, 0.29) is 5.91 Å². The van der Waals surface area contributed by atoms with Crippen molar-refractivity contribution in [2.75, 3.05) is 10.6 Å². The number of aryl methyl sites for hydroxylation is 1. The van der Waals surface area contributed by atoms with Crippen LogP contribution in [0.2, 0.25) is 0 Å². The van der Waals surface area contributed by atoms with E-state index < -0.39 is 0 Å². The number of rotatable bonds is 7. The van der Waals surface area contributed by atoms with Gasteiger partial charge < -0.3 is 10.6 Å². The zero-order valence-electron chi connectivity index (χ0n) is 14.4. The molecule has 126 valence electrons. The van der Waals surface area contributed by atoms with Gasteiger partial charge in [0.05, 0.1) is 6.54 Å². The second kappa shape index (κ2) is 7.52.